The number of nitrogens with zero attached hydrogens (tertiary/aromatic N) is 1. The van der Waals surface area contributed by atoms with Crippen LogP contribution in [0.1, 0.15) is 29.3 Å². The molecule has 0 amide bonds. The van der Waals surface area contributed by atoms with Crippen molar-refractivity contribution in [1.29, 1.82) is 0 Å². The third-order valence-electron chi connectivity index (χ3n) is 3.22. The second kappa shape index (κ2) is 5.87. The molecule has 0 spiro atoms. The van der Waals surface area contributed by atoms with Crippen LogP contribution in [-0.4, -0.2) is 4.98 Å². The van der Waals surface area contributed by atoms with E-state index in [1.54, 1.807) is 6.20 Å². The van der Waals surface area contributed by atoms with E-state index < -0.39 is 0 Å². The van der Waals surface area contributed by atoms with Crippen molar-refractivity contribution in [3.63, 3.8) is 0 Å². The lowest BCUT2D eigenvalue weighted by atomic mass is 9.94. The molecule has 100 valence electrons. The predicted molar refractivity (Wildman–Crippen MR) is 93.3 cm³/mol. The number of pyridine rings is 1. The first-order chi connectivity index (χ1) is 9.13. The van der Waals surface area contributed by atoms with E-state index in [1.807, 2.05) is 17.4 Å². The van der Waals surface area contributed by atoms with E-state index in [0.717, 1.165) is 10.2 Å². The van der Waals surface area contributed by atoms with Gasteiger partial charge in [0.05, 0.1) is 25.3 Å². The lowest BCUT2D eigenvalue weighted by Gasteiger charge is -2.24. The fourth-order valence-corrected chi connectivity index (χ4v) is 4.94. The number of aryl methyl sites for hydroxylation is 1. The molecule has 0 aromatic carbocycles. The van der Waals surface area contributed by atoms with E-state index in [0.29, 0.717) is 11.2 Å². The van der Waals surface area contributed by atoms with Crippen molar-refractivity contribution in [2.45, 2.75) is 25.3 Å². The summed E-state index contributed by atoms with van der Waals surface area (Å²) < 4.78 is 2.20. The summed E-state index contributed by atoms with van der Waals surface area (Å²) in [5.74, 6) is 0. The maximum Gasteiger partial charge on any atom is 0.143 e. The minimum atomic E-state index is 0.387. The number of hydrogen-bond donors (Lipinski definition) is 1. The van der Waals surface area contributed by atoms with Gasteiger partial charge in [0, 0.05) is 4.88 Å². The number of nitrogens with one attached hydrogen (secondary N) is 1. The number of anilines is 1. The highest BCUT2D eigenvalue weighted by molar-refractivity contribution is 14.1. The summed E-state index contributed by atoms with van der Waals surface area (Å²) in [5.41, 5.74) is 2.46. The van der Waals surface area contributed by atoms with Crippen LogP contribution in [-0.2, 0) is 6.42 Å². The fraction of sp³-hybridized carbons (Fsp3) is 0.308. The van der Waals surface area contributed by atoms with Crippen molar-refractivity contribution in [3.05, 3.63) is 41.3 Å². The van der Waals surface area contributed by atoms with Gasteiger partial charge in [0.2, 0.25) is 0 Å². The van der Waals surface area contributed by atoms with E-state index in [4.69, 9.17) is 11.6 Å². The summed E-state index contributed by atoms with van der Waals surface area (Å²) in [6.07, 6.45) is 5.41. The number of fused-ring (bicyclic) bond motifs is 1. The zero-order valence-electron chi connectivity index (χ0n) is 9.92. The first-order valence-corrected chi connectivity index (χ1v) is 9.06. The number of halogens is 3. The Balaban J connectivity index is 1.86. The number of hydrogen-bond acceptors (Lipinski definition) is 3. The standard InChI is InChI=1S/C13H11BrClIN2S/c14-9-4-7(6-17-13(9)15)18-10-2-1-3-11-8(10)5-12(16)19-11/h4-6,10,18H,1-3H2. The SMILES string of the molecule is Clc1ncc(NC2CCCc3sc(I)cc32)cc1Br. The lowest BCUT2D eigenvalue weighted by Crippen LogP contribution is -2.15. The van der Waals surface area contributed by atoms with Crippen LogP contribution in [0, 0.1) is 2.88 Å². The third kappa shape index (κ3) is 3.09. The molecule has 0 fully saturated rings. The molecule has 2 aromatic rings. The second-order valence-electron chi connectivity index (χ2n) is 4.51. The van der Waals surface area contributed by atoms with Crippen molar-refractivity contribution in [2.75, 3.05) is 5.32 Å². The first kappa shape index (κ1) is 14.1. The van der Waals surface area contributed by atoms with E-state index in [2.05, 4.69) is 54.9 Å². The van der Waals surface area contributed by atoms with Crippen LogP contribution in [0.3, 0.4) is 0 Å². The average molecular weight is 470 g/mol. The Morgan fingerprint density at radius 2 is 2.32 bits per heavy atom. The van der Waals surface area contributed by atoms with Crippen molar-refractivity contribution in [1.82, 2.24) is 4.98 Å². The fourth-order valence-electron chi connectivity index (χ4n) is 2.37. The van der Waals surface area contributed by atoms with Gasteiger partial charge in [-0.15, -0.1) is 11.3 Å². The Kier molecular flexibility index (Phi) is 4.36. The van der Waals surface area contributed by atoms with E-state index in [9.17, 15) is 0 Å². The number of aromatic nitrogens is 1. The highest BCUT2D eigenvalue weighted by Gasteiger charge is 2.22. The van der Waals surface area contributed by atoms with E-state index >= 15 is 0 Å². The van der Waals surface area contributed by atoms with E-state index in [1.165, 1.54) is 32.6 Å². The molecular formula is C13H11BrClIN2S. The van der Waals surface area contributed by atoms with Crippen molar-refractivity contribution in [3.8, 4) is 0 Å². The quantitative estimate of drug-likeness (QED) is 0.454. The van der Waals surface area contributed by atoms with Gasteiger partial charge in [0.15, 0.2) is 0 Å². The second-order valence-corrected chi connectivity index (χ2v) is 8.76. The van der Waals surface area contributed by atoms with Crippen LogP contribution in [0.5, 0.6) is 0 Å². The Morgan fingerprint density at radius 3 is 3.11 bits per heavy atom. The van der Waals surface area contributed by atoms with Crippen molar-refractivity contribution >= 4 is 67.1 Å². The Morgan fingerprint density at radius 1 is 1.47 bits per heavy atom. The molecule has 1 N–H and O–H groups in total. The minimum Gasteiger partial charge on any atom is -0.377 e. The maximum absolute atomic E-state index is 5.92. The van der Waals surface area contributed by atoms with Crippen molar-refractivity contribution < 1.29 is 0 Å². The number of thiophene rings is 1. The van der Waals surface area contributed by atoms with Crippen LogP contribution >= 0.6 is 61.5 Å². The topological polar surface area (TPSA) is 24.9 Å². The normalized spacial score (nSPS) is 18.2. The monoisotopic (exact) mass is 468 g/mol. The van der Waals surface area contributed by atoms with Gasteiger partial charge in [0.1, 0.15) is 5.15 Å². The molecule has 2 aromatic heterocycles. The number of rotatable bonds is 2. The third-order valence-corrected chi connectivity index (χ3v) is 6.33. The molecule has 19 heavy (non-hydrogen) atoms. The first-order valence-electron chi connectivity index (χ1n) is 5.99. The van der Waals surface area contributed by atoms with Gasteiger partial charge in [0.25, 0.3) is 0 Å². The maximum atomic E-state index is 5.92. The van der Waals surface area contributed by atoms with Crippen LogP contribution in [0.25, 0.3) is 0 Å². The molecule has 1 atom stereocenters. The van der Waals surface area contributed by atoms with Gasteiger partial charge < -0.3 is 5.32 Å². The largest absolute Gasteiger partial charge is 0.377 e. The molecule has 1 unspecified atom stereocenters. The van der Waals surface area contributed by atoms with Crippen LogP contribution < -0.4 is 5.32 Å². The molecule has 0 saturated heterocycles. The van der Waals surface area contributed by atoms with Gasteiger partial charge in [-0.05, 0) is 75.5 Å². The van der Waals surface area contributed by atoms with Crippen LogP contribution in [0.2, 0.25) is 5.15 Å². The molecule has 6 heteroatoms. The molecule has 2 nitrogen and oxygen atoms in total. The summed E-state index contributed by atoms with van der Waals surface area (Å²) in [4.78, 5) is 5.68. The Hall–Kier alpha value is 0.150. The summed E-state index contributed by atoms with van der Waals surface area (Å²) in [6.45, 7) is 0. The van der Waals surface area contributed by atoms with Crippen LogP contribution in [0.15, 0.2) is 22.8 Å². The lowest BCUT2D eigenvalue weighted by molar-refractivity contribution is 0.608. The molecule has 3 rings (SSSR count). The van der Waals surface area contributed by atoms with Gasteiger partial charge in [-0.3, -0.25) is 0 Å². The predicted octanol–water partition coefficient (Wildman–Crippen LogP) is 5.65. The average Bonchev–Trinajstić information content (AvgIpc) is 2.75. The summed E-state index contributed by atoms with van der Waals surface area (Å²) in [6, 6.07) is 4.68. The molecule has 2 heterocycles. The molecule has 1 aliphatic rings. The summed E-state index contributed by atoms with van der Waals surface area (Å²) in [5, 5.41) is 4.07. The van der Waals surface area contributed by atoms with Crippen LogP contribution in [0.4, 0.5) is 5.69 Å². The smallest absolute Gasteiger partial charge is 0.143 e. The van der Waals surface area contributed by atoms with Gasteiger partial charge >= 0.3 is 0 Å². The van der Waals surface area contributed by atoms with Crippen molar-refractivity contribution in [2.24, 2.45) is 0 Å². The van der Waals surface area contributed by atoms with Gasteiger partial charge in [-0.2, -0.15) is 0 Å². The van der Waals surface area contributed by atoms with E-state index in [-0.39, 0.29) is 0 Å². The Labute approximate surface area is 143 Å². The minimum absolute atomic E-state index is 0.387. The molecule has 1 aliphatic carbocycles. The zero-order valence-corrected chi connectivity index (χ0v) is 15.2. The molecule has 0 aliphatic heterocycles. The van der Waals surface area contributed by atoms with Gasteiger partial charge in [-0.25, -0.2) is 4.98 Å². The Bertz CT molecular complexity index is 617. The molecule has 0 radical (unpaired) electrons. The summed E-state index contributed by atoms with van der Waals surface area (Å²) in [7, 11) is 0. The van der Waals surface area contributed by atoms with Gasteiger partial charge in [-0.1, -0.05) is 11.6 Å². The molecular weight excluding hydrogens is 458 g/mol. The molecule has 0 saturated carbocycles. The molecule has 0 bridgehead atoms. The highest BCUT2D eigenvalue weighted by Crippen LogP contribution is 2.38. The summed E-state index contributed by atoms with van der Waals surface area (Å²) >= 11 is 13.7. The zero-order chi connectivity index (χ0) is 13.4. The highest BCUT2D eigenvalue weighted by atomic mass is 127.